The summed E-state index contributed by atoms with van der Waals surface area (Å²) in [6, 6.07) is 4.14. The predicted molar refractivity (Wildman–Crippen MR) is 76.7 cm³/mol. The standard InChI is InChI=1S/C16H18F3NO3/c1-8(2)13(15(22)23)20-14(21)11-7-10(11)9-5-3-4-6-12(9)16(17,18)19/h3-6,8,10-11,13H,7H2,1-2H3,(H,20,21)(H,22,23). The van der Waals surface area contributed by atoms with Crippen LogP contribution in [-0.4, -0.2) is 23.0 Å². The van der Waals surface area contributed by atoms with E-state index in [1.807, 2.05) is 0 Å². The molecule has 1 aliphatic carbocycles. The van der Waals surface area contributed by atoms with Crippen LogP contribution in [0.1, 0.15) is 37.3 Å². The summed E-state index contributed by atoms with van der Waals surface area (Å²) < 4.78 is 39.0. The molecule has 0 radical (unpaired) electrons. The first-order chi connectivity index (χ1) is 10.6. The molecule has 1 aromatic carbocycles. The summed E-state index contributed by atoms with van der Waals surface area (Å²) in [6.07, 6.45) is -4.18. The Kier molecular flexibility index (Phi) is 4.68. The zero-order valence-electron chi connectivity index (χ0n) is 12.7. The van der Waals surface area contributed by atoms with Crippen LogP contribution in [0.15, 0.2) is 24.3 Å². The number of hydrogen-bond donors (Lipinski definition) is 2. The van der Waals surface area contributed by atoms with Gasteiger partial charge in [-0.1, -0.05) is 32.0 Å². The topological polar surface area (TPSA) is 66.4 Å². The van der Waals surface area contributed by atoms with E-state index in [1.54, 1.807) is 13.8 Å². The first kappa shape index (κ1) is 17.3. The minimum Gasteiger partial charge on any atom is -0.480 e. The number of carboxylic acids is 1. The fourth-order valence-electron chi connectivity index (χ4n) is 2.68. The van der Waals surface area contributed by atoms with E-state index in [0.29, 0.717) is 6.42 Å². The Morgan fingerprint density at radius 1 is 1.26 bits per heavy atom. The summed E-state index contributed by atoms with van der Waals surface area (Å²) >= 11 is 0. The molecule has 4 nitrogen and oxygen atoms in total. The van der Waals surface area contributed by atoms with E-state index >= 15 is 0 Å². The third-order valence-electron chi connectivity index (χ3n) is 4.02. The first-order valence-corrected chi connectivity index (χ1v) is 7.32. The van der Waals surface area contributed by atoms with Gasteiger partial charge in [0, 0.05) is 5.92 Å². The first-order valence-electron chi connectivity index (χ1n) is 7.32. The highest BCUT2D eigenvalue weighted by Gasteiger charge is 2.48. The fraction of sp³-hybridized carbons (Fsp3) is 0.500. The van der Waals surface area contributed by atoms with Gasteiger partial charge in [0.1, 0.15) is 6.04 Å². The van der Waals surface area contributed by atoms with Gasteiger partial charge in [-0.3, -0.25) is 4.79 Å². The van der Waals surface area contributed by atoms with Crippen molar-refractivity contribution in [1.29, 1.82) is 0 Å². The number of nitrogens with one attached hydrogen (secondary N) is 1. The minimum absolute atomic E-state index is 0.0940. The summed E-state index contributed by atoms with van der Waals surface area (Å²) in [4.78, 5) is 23.2. The van der Waals surface area contributed by atoms with Crippen molar-refractivity contribution in [2.24, 2.45) is 11.8 Å². The highest BCUT2D eigenvalue weighted by molar-refractivity contribution is 5.87. The number of amides is 1. The van der Waals surface area contributed by atoms with Crippen molar-refractivity contribution in [3.8, 4) is 0 Å². The average Bonchev–Trinajstić information content (AvgIpc) is 3.23. The van der Waals surface area contributed by atoms with Crippen molar-refractivity contribution in [2.75, 3.05) is 0 Å². The lowest BCUT2D eigenvalue weighted by Crippen LogP contribution is -2.45. The number of hydrogen-bond acceptors (Lipinski definition) is 2. The Bertz CT molecular complexity index is 613. The molecule has 3 atom stereocenters. The molecule has 7 heteroatoms. The largest absolute Gasteiger partial charge is 0.480 e. The quantitative estimate of drug-likeness (QED) is 0.872. The lowest BCUT2D eigenvalue weighted by molar-refractivity contribution is -0.143. The third kappa shape index (κ3) is 3.83. The van der Waals surface area contributed by atoms with E-state index in [1.165, 1.54) is 18.2 Å². The second-order valence-electron chi connectivity index (χ2n) is 6.10. The van der Waals surface area contributed by atoms with Gasteiger partial charge in [-0.15, -0.1) is 0 Å². The van der Waals surface area contributed by atoms with Crippen LogP contribution in [0.5, 0.6) is 0 Å². The van der Waals surface area contributed by atoms with E-state index in [2.05, 4.69) is 5.32 Å². The minimum atomic E-state index is -4.47. The molecule has 0 aliphatic heterocycles. The molecule has 0 bridgehead atoms. The number of halogens is 3. The zero-order chi connectivity index (χ0) is 17.4. The number of carbonyl (C=O) groups excluding carboxylic acids is 1. The molecule has 3 unspecified atom stereocenters. The Balaban J connectivity index is 2.11. The number of alkyl halides is 3. The van der Waals surface area contributed by atoms with Gasteiger partial charge in [0.05, 0.1) is 5.56 Å². The van der Waals surface area contributed by atoms with Crippen molar-refractivity contribution >= 4 is 11.9 Å². The Morgan fingerprint density at radius 2 is 1.87 bits per heavy atom. The van der Waals surface area contributed by atoms with Crippen LogP contribution < -0.4 is 5.32 Å². The summed E-state index contributed by atoms with van der Waals surface area (Å²) in [5.41, 5.74) is -0.643. The molecule has 1 saturated carbocycles. The smallest absolute Gasteiger partial charge is 0.416 e. The van der Waals surface area contributed by atoms with Gasteiger partial charge in [0.15, 0.2) is 0 Å². The summed E-state index contributed by atoms with van der Waals surface area (Å²) in [5.74, 6) is -3.10. The van der Waals surface area contributed by atoms with Crippen LogP contribution >= 0.6 is 0 Å². The van der Waals surface area contributed by atoms with E-state index in [-0.39, 0.29) is 11.5 Å². The molecule has 0 aromatic heterocycles. The lowest BCUT2D eigenvalue weighted by Gasteiger charge is -2.18. The molecule has 0 heterocycles. The van der Waals surface area contributed by atoms with E-state index < -0.39 is 41.5 Å². The summed E-state index contributed by atoms with van der Waals surface area (Å²) in [5, 5.41) is 11.5. The van der Waals surface area contributed by atoms with E-state index in [0.717, 1.165) is 6.07 Å². The second kappa shape index (κ2) is 6.22. The van der Waals surface area contributed by atoms with Crippen molar-refractivity contribution in [1.82, 2.24) is 5.32 Å². The van der Waals surface area contributed by atoms with Gasteiger partial charge in [-0.2, -0.15) is 13.2 Å². The molecule has 2 rings (SSSR count). The Hall–Kier alpha value is -2.05. The predicted octanol–water partition coefficient (Wildman–Crippen LogP) is 3.03. The molecule has 1 fully saturated rings. The fourth-order valence-corrected chi connectivity index (χ4v) is 2.68. The van der Waals surface area contributed by atoms with Crippen LogP contribution in [0.4, 0.5) is 13.2 Å². The van der Waals surface area contributed by atoms with Gasteiger partial charge in [0.2, 0.25) is 5.91 Å². The number of carboxylic acid groups (broad SMARTS) is 1. The number of aliphatic carboxylic acids is 1. The molecule has 1 aromatic rings. The molecule has 0 saturated heterocycles. The van der Waals surface area contributed by atoms with Crippen molar-refractivity contribution in [2.45, 2.75) is 38.4 Å². The van der Waals surface area contributed by atoms with Crippen LogP contribution in [0.25, 0.3) is 0 Å². The summed E-state index contributed by atoms with van der Waals surface area (Å²) in [6.45, 7) is 3.31. The SMILES string of the molecule is CC(C)C(NC(=O)C1CC1c1ccccc1C(F)(F)F)C(=O)O. The van der Waals surface area contributed by atoms with Crippen molar-refractivity contribution < 1.29 is 27.9 Å². The molecule has 23 heavy (non-hydrogen) atoms. The molecule has 0 spiro atoms. The van der Waals surface area contributed by atoms with E-state index in [4.69, 9.17) is 5.11 Å². The lowest BCUT2D eigenvalue weighted by atomic mass is 10.0. The van der Waals surface area contributed by atoms with Crippen LogP contribution in [0.2, 0.25) is 0 Å². The maximum atomic E-state index is 13.0. The van der Waals surface area contributed by atoms with Crippen molar-refractivity contribution in [3.05, 3.63) is 35.4 Å². The Morgan fingerprint density at radius 3 is 2.39 bits per heavy atom. The van der Waals surface area contributed by atoms with Gasteiger partial charge < -0.3 is 10.4 Å². The Labute approximate surface area is 131 Å². The summed E-state index contributed by atoms with van der Waals surface area (Å²) in [7, 11) is 0. The van der Waals surface area contributed by atoms with Crippen LogP contribution in [0, 0.1) is 11.8 Å². The molecule has 1 amide bonds. The molecule has 2 N–H and O–H groups in total. The average molecular weight is 329 g/mol. The highest BCUT2D eigenvalue weighted by Crippen LogP contribution is 2.51. The molecular formula is C16H18F3NO3. The highest BCUT2D eigenvalue weighted by atomic mass is 19.4. The van der Waals surface area contributed by atoms with Gasteiger partial charge in [0.25, 0.3) is 0 Å². The van der Waals surface area contributed by atoms with Gasteiger partial charge in [-0.05, 0) is 29.9 Å². The zero-order valence-corrected chi connectivity index (χ0v) is 12.7. The monoisotopic (exact) mass is 329 g/mol. The molecular weight excluding hydrogens is 311 g/mol. The van der Waals surface area contributed by atoms with Crippen molar-refractivity contribution in [3.63, 3.8) is 0 Å². The van der Waals surface area contributed by atoms with Gasteiger partial charge in [-0.25, -0.2) is 4.79 Å². The molecule has 126 valence electrons. The normalized spacial score (nSPS) is 21.8. The van der Waals surface area contributed by atoms with Gasteiger partial charge >= 0.3 is 12.1 Å². The number of rotatable bonds is 5. The maximum Gasteiger partial charge on any atom is 0.416 e. The number of carbonyl (C=O) groups is 2. The second-order valence-corrected chi connectivity index (χ2v) is 6.10. The van der Waals surface area contributed by atoms with Crippen LogP contribution in [0.3, 0.4) is 0 Å². The third-order valence-corrected chi connectivity index (χ3v) is 4.02. The van der Waals surface area contributed by atoms with Crippen LogP contribution in [-0.2, 0) is 15.8 Å². The maximum absolute atomic E-state index is 13.0. The number of benzene rings is 1. The molecule has 1 aliphatic rings. The van der Waals surface area contributed by atoms with E-state index in [9.17, 15) is 22.8 Å².